The van der Waals surface area contributed by atoms with Crippen molar-refractivity contribution < 1.29 is 23.8 Å². The zero-order valence-electron chi connectivity index (χ0n) is 10.4. The molecule has 0 atom stereocenters. The lowest BCUT2D eigenvalue weighted by Gasteiger charge is -2.22. The number of carboxylic acid groups (broad SMARTS) is 1. The number of nitrogens with two attached hydrogens (primary N) is 2. The number of carbonyl (C=O) groups is 1. The minimum atomic E-state index is -1.43. The van der Waals surface area contributed by atoms with Gasteiger partial charge in [0.25, 0.3) is 0 Å². The molecule has 0 heterocycles. The van der Waals surface area contributed by atoms with Gasteiger partial charge in [-0.3, -0.25) is 0 Å². The van der Waals surface area contributed by atoms with Crippen molar-refractivity contribution in [2.24, 2.45) is 11.6 Å². The number of ether oxygens (including phenoxy) is 2. The monoisotopic (exact) mass is 271 g/mol. The number of rotatable bonds is 5. The first-order valence-corrected chi connectivity index (χ1v) is 5.08. The number of hydrogen-bond donors (Lipinski definition) is 3. The third kappa shape index (κ3) is 2.86. The maximum absolute atomic E-state index is 14.0. The predicted molar refractivity (Wildman–Crippen MR) is 65.5 cm³/mol. The van der Waals surface area contributed by atoms with E-state index in [4.69, 9.17) is 26.2 Å². The Labute approximate surface area is 108 Å². The number of nitrogens with zero attached hydrogens (tertiary/aromatic N) is 1. The molecule has 7 nitrogen and oxygen atoms in total. The van der Waals surface area contributed by atoms with Crippen molar-refractivity contribution in [1.29, 1.82) is 0 Å². The average Bonchev–Trinajstić information content (AvgIpc) is 2.39. The second-order valence-electron chi connectivity index (χ2n) is 3.39. The van der Waals surface area contributed by atoms with Gasteiger partial charge in [-0.25, -0.2) is 20.0 Å². The van der Waals surface area contributed by atoms with Crippen LogP contribution in [0.4, 0.5) is 10.1 Å². The molecule has 104 valence electrons. The smallest absolute Gasteiger partial charge is 0.357 e. The zero-order chi connectivity index (χ0) is 14.6. The van der Waals surface area contributed by atoms with Crippen molar-refractivity contribution in [3.63, 3.8) is 0 Å². The number of hydrazine groups is 1. The first-order chi connectivity index (χ1) is 8.93. The van der Waals surface area contributed by atoms with Crippen LogP contribution >= 0.6 is 0 Å². The van der Waals surface area contributed by atoms with Gasteiger partial charge in [-0.15, -0.1) is 0 Å². The Hall–Kier alpha value is -2.48. The fraction of sp³-hybridized carbons (Fsp3) is 0.182. The first-order valence-electron chi connectivity index (χ1n) is 5.08. The van der Waals surface area contributed by atoms with Crippen LogP contribution in [-0.2, 0) is 9.53 Å². The molecule has 0 aliphatic rings. The van der Waals surface area contributed by atoms with Gasteiger partial charge in [-0.1, -0.05) is 6.07 Å². The zero-order valence-corrected chi connectivity index (χ0v) is 10.4. The highest BCUT2D eigenvalue weighted by atomic mass is 19.1. The molecule has 0 bridgehead atoms. The summed E-state index contributed by atoms with van der Waals surface area (Å²) in [5, 5.41) is 9.48. The molecule has 0 saturated heterocycles. The highest BCUT2D eigenvalue weighted by molar-refractivity contribution is 5.86. The normalized spacial score (nSPS) is 11.6. The van der Waals surface area contributed by atoms with Crippen LogP contribution in [0.25, 0.3) is 0 Å². The molecule has 0 fully saturated rings. The molecule has 19 heavy (non-hydrogen) atoms. The van der Waals surface area contributed by atoms with Gasteiger partial charge in [0.1, 0.15) is 5.69 Å². The highest BCUT2D eigenvalue weighted by Gasteiger charge is 2.21. The van der Waals surface area contributed by atoms with E-state index in [0.717, 1.165) is 0 Å². The Morgan fingerprint density at radius 3 is 2.53 bits per heavy atom. The number of halogens is 1. The van der Waals surface area contributed by atoms with Gasteiger partial charge in [0.05, 0.1) is 14.2 Å². The summed E-state index contributed by atoms with van der Waals surface area (Å²) in [4.78, 5) is 10.8. The van der Waals surface area contributed by atoms with Crippen LogP contribution < -0.4 is 21.3 Å². The second kappa shape index (κ2) is 5.91. The number of aliphatic carboxylic acids is 1. The molecule has 0 spiro atoms. The van der Waals surface area contributed by atoms with Crippen molar-refractivity contribution in [3.8, 4) is 5.75 Å². The van der Waals surface area contributed by atoms with Crippen LogP contribution in [0.2, 0.25) is 0 Å². The Kier molecular flexibility index (Phi) is 4.54. The Morgan fingerprint density at radius 1 is 1.42 bits per heavy atom. The van der Waals surface area contributed by atoms with E-state index in [1.807, 2.05) is 0 Å². The molecule has 0 aliphatic carbocycles. The summed E-state index contributed by atoms with van der Waals surface area (Å²) >= 11 is 0. The maximum atomic E-state index is 14.0. The lowest BCUT2D eigenvalue weighted by atomic mass is 10.2. The van der Waals surface area contributed by atoms with Crippen LogP contribution in [-0.4, -0.2) is 25.3 Å². The molecule has 0 radical (unpaired) electrons. The summed E-state index contributed by atoms with van der Waals surface area (Å²) in [5.74, 6) is 2.99. The minimum absolute atomic E-state index is 0.0442. The van der Waals surface area contributed by atoms with E-state index in [-0.39, 0.29) is 17.3 Å². The van der Waals surface area contributed by atoms with Gasteiger partial charge in [-0.2, -0.15) is 0 Å². The fourth-order valence-electron chi connectivity index (χ4n) is 1.38. The summed E-state index contributed by atoms with van der Waals surface area (Å²) in [6, 6.07) is 4.21. The van der Waals surface area contributed by atoms with Crippen molar-refractivity contribution in [2.45, 2.75) is 0 Å². The molecule has 8 heteroatoms. The topological polar surface area (TPSA) is 111 Å². The first kappa shape index (κ1) is 14.6. The van der Waals surface area contributed by atoms with Crippen LogP contribution in [0.1, 0.15) is 0 Å². The second-order valence-corrected chi connectivity index (χ2v) is 3.39. The van der Waals surface area contributed by atoms with E-state index in [0.29, 0.717) is 5.01 Å². The number of anilines is 1. The van der Waals surface area contributed by atoms with Crippen LogP contribution in [0, 0.1) is 5.82 Å². The van der Waals surface area contributed by atoms with Gasteiger partial charge in [-0.05, 0) is 12.1 Å². The summed E-state index contributed by atoms with van der Waals surface area (Å²) < 4.78 is 23.6. The van der Waals surface area contributed by atoms with E-state index >= 15 is 0 Å². The number of methoxy groups -OCH3 is 2. The molecule has 0 aromatic heterocycles. The SMILES string of the molecule is CO/C(=C(/N)C(=O)O)N(N)c1cccc(OC)c1F. The molecule has 1 aromatic rings. The Balaban J connectivity index is 3.30. The third-order valence-electron chi connectivity index (χ3n) is 2.30. The average molecular weight is 271 g/mol. The van der Waals surface area contributed by atoms with Gasteiger partial charge in [0.2, 0.25) is 5.88 Å². The molecule has 1 rings (SSSR count). The molecule has 1 aromatic carbocycles. The van der Waals surface area contributed by atoms with Crippen molar-refractivity contribution in [3.05, 3.63) is 35.6 Å². The summed E-state index contributed by atoms with van der Waals surface area (Å²) in [6.45, 7) is 0. The van der Waals surface area contributed by atoms with Gasteiger partial charge in [0, 0.05) is 0 Å². The number of carboxylic acids is 1. The summed E-state index contributed by atoms with van der Waals surface area (Å²) in [7, 11) is 2.46. The quantitative estimate of drug-likeness (QED) is 0.307. The molecule has 5 N–H and O–H groups in total. The van der Waals surface area contributed by atoms with E-state index < -0.39 is 17.5 Å². The Bertz CT molecular complexity index is 519. The molecular formula is C11H14FN3O4. The van der Waals surface area contributed by atoms with Crippen LogP contribution in [0.15, 0.2) is 29.8 Å². The predicted octanol–water partition coefficient (Wildman–Crippen LogP) is 0.373. The standard InChI is InChI=1S/C11H14FN3O4/c1-18-7-5-3-4-6(8(7)12)15(14)10(19-2)9(13)11(16)17/h3-5H,13-14H2,1-2H3,(H,16,17)/b10-9+. The number of hydrogen-bond acceptors (Lipinski definition) is 6. The van der Waals surface area contributed by atoms with Crippen LogP contribution in [0.5, 0.6) is 5.75 Å². The van der Waals surface area contributed by atoms with E-state index in [2.05, 4.69) is 0 Å². The molecular weight excluding hydrogens is 257 g/mol. The molecule has 0 aliphatic heterocycles. The number of benzene rings is 1. The van der Waals surface area contributed by atoms with E-state index in [9.17, 15) is 9.18 Å². The summed E-state index contributed by atoms with van der Waals surface area (Å²) in [5.41, 5.74) is 4.53. The minimum Gasteiger partial charge on any atom is -0.494 e. The molecule has 0 amide bonds. The molecule has 0 unspecified atom stereocenters. The van der Waals surface area contributed by atoms with Crippen molar-refractivity contribution in [1.82, 2.24) is 0 Å². The lowest BCUT2D eigenvalue weighted by Crippen LogP contribution is -2.35. The Morgan fingerprint density at radius 2 is 2.05 bits per heavy atom. The van der Waals surface area contributed by atoms with Gasteiger partial charge in [0.15, 0.2) is 17.3 Å². The molecule has 0 saturated carbocycles. The van der Waals surface area contributed by atoms with E-state index in [1.165, 1.54) is 32.4 Å². The van der Waals surface area contributed by atoms with Crippen LogP contribution in [0.3, 0.4) is 0 Å². The van der Waals surface area contributed by atoms with Crippen molar-refractivity contribution in [2.75, 3.05) is 19.2 Å². The third-order valence-corrected chi connectivity index (χ3v) is 2.30. The van der Waals surface area contributed by atoms with Gasteiger partial charge < -0.3 is 20.3 Å². The highest BCUT2D eigenvalue weighted by Crippen LogP contribution is 2.28. The summed E-state index contributed by atoms with van der Waals surface area (Å²) in [6.07, 6.45) is 0. The van der Waals surface area contributed by atoms with Gasteiger partial charge >= 0.3 is 5.97 Å². The largest absolute Gasteiger partial charge is 0.494 e. The lowest BCUT2D eigenvalue weighted by molar-refractivity contribution is -0.133. The maximum Gasteiger partial charge on any atom is 0.357 e. The van der Waals surface area contributed by atoms with E-state index in [1.54, 1.807) is 0 Å². The van der Waals surface area contributed by atoms with Crippen molar-refractivity contribution >= 4 is 11.7 Å². The fourth-order valence-corrected chi connectivity index (χ4v) is 1.38.